The maximum absolute atomic E-state index is 11.0. The Morgan fingerprint density at radius 2 is 2.18 bits per heavy atom. The zero-order valence-corrected chi connectivity index (χ0v) is 9.93. The minimum Gasteiger partial charge on any atom is -0.469 e. The molecule has 0 saturated heterocycles. The van der Waals surface area contributed by atoms with Crippen molar-refractivity contribution < 1.29 is 14.5 Å². The van der Waals surface area contributed by atoms with Crippen LogP contribution in [0.15, 0.2) is 18.2 Å². The van der Waals surface area contributed by atoms with Crippen LogP contribution in [0, 0.1) is 10.1 Å². The van der Waals surface area contributed by atoms with E-state index in [-0.39, 0.29) is 23.0 Å². The van der Waals surface area contributed by atoms with Gasteiger partial charge in [0, 0.05) is 18.1 Å². The van der Waals surface area contributed by atoms with Crippen molar-refractivity contribution in [2.75, 3.05) is 7.11 Å². The molecule has 0 saturated carbocycles. The number of benzene rings is 1. The number of nitro benzene ring substituents is 1. The van der Waals surface area contributed by atoms with E-state index < -0.39 is 0 Å². The Labute approximate surface area is 99.5 Å². The number of carbonyl (C=O) groups is 1. The molecule has 0 fully saturated rings. The third kappa shape index (κ3) is 3.55. The molecule has 0 aliphatic carbocycles. The average Bonchev–Trinajstić information content (AvgIpc) is 2.35. The summed E-state index contributed by atoms with van der Waals surface area (Å²) in [6.07, 6.45) is 1.31. The Kier molecular flexibility index (Phi) is 4.63. The molecular weight excluding hydrogens is 222 g/mol. The molecule has 0 spiro atoms. The van der Waals surface area contributed by atoms with Crippen molar-refractivity contribution in [2.45, 2.75) is 26.2 Å². The summed E-state index contributed by atoms with van der Waals surface area (Å²) in [7, 11) is 1.32. The smallest absolute Gasteiger partial charge is 0.305 e. The molecule has 0 heterocycles. The minimum atomic E-state index is -0.388. The first-order valence-electron chi connectivity index (χ1n) is 5.41. The fourth-order valence-corrected chi connectivity index (χ4v) is 1.58. The number of carbonyl (C=O) groups excluding carboxylic acids is 1. The van der Waals surface area contributed by atoms with Crippen molar-refractivity contribution in [2.24, 2.45) is 0 Å². The van der Waals surface area contributed by atoms with Gasteiger partial charge in [-0.1, -0.05) is 19.1 Å². The van der Waals surface area contributed by atoms with Gasteiger partial charge in [-0.3, -0.25) is 14.9 Å². The highest BCUT2D eigenvalue weighted by Gasteiger charge is 2.13. The zero-order valence-electron chi connectivity index (χ0n) is 9.93. The van der Waals surface area contributed by atoms with Gasteiger partial charge in [0.05, 0.1) is 12.0 Å². The second kappa shape index (κ2) is 5.98. The Morgan fingerprint density at radius 1 is 1.47 bits per heavy atom. The van der Waals surface area contributed by atoms with Crippen LogP contribution in [0.3, 0.4) is 0 Å². The number of aryl methyl sites for hydroxylation is 2. The van der Waals surface area contributed by atoms with E-state index in [1.54, 1.807) is 6.07 Å². The number of esters is 1. The number of nitrogens with zero attached hydrogens (tertiary/aromatic N) is 1. The molecule has 5 heteroatoms. The van der Waals surface area contributed by atoms with Crippen LogP contribution >= 0.6 is 0 Å². The van der Waals surface area contributed by atoms with E-state index in [0.29, 0.717) is 18.4 Å². The normalized spacial score (nSPS) is 10.0. The van der Waals surface area contributed by atoms with Crippen molar-refractivity contribution >= 4 is 11.7 Å². The highest BCUT2D eigenvalue weighted by Crippen LogP contribution is 2.21. The molecule has 0 aliphatic rings. The first-order chi connectivity index (χ1) is 8.08. The number of methoxy groups -OCH3 is 1. The zero-order chi connectivity index (χ0) is 12.8. The largest absolute Gasteiger partial charge is 0.469 e. The molecule has 1 rings (SSSR count). The van der Waals surface area contributed by atoms with E-state index in [4.69, 9.17) is 0 Å². The molecule has 92 valence electrons. The average molecular weight is 237 g/mol. The van der Waals surface area contributed by atoms with E-state index >= 15 is 0 Å². The van der Waals surface area contributed by atoms with Gasteiger partial charge < -0.3 is 4.74 Å². The Bertz CT molecular complexity index is 429. The van der Waals surface area contributed by atoms with Crippen LogP contribution in [0.4, 0.5) is 5.69 Å². The van der Waals surface area contributed by atoms with E-state index in [0.717, 1.165) is 5.56 Å². The van der Waals surface area contributed by atoms with Crippen LogP contribution < -0.4 is 0 Å². The summed E-state index contributed by atoms with van der Waals surface area (Å²) in [5.41, 5.74) is 1.60. The van der Waals surface area contributed by atoms with Gasteiger partial charge in [0.2, 0.25) is 0 Å². The summed E-state index contributed by atoms with van der Waals surface area (Å²) >= 11 is 0. The van der Waals surface area contributed by atoms with Crippen LogP contribution in [0.1, 0.15) is 24.5 Å². The second-order valence-electron chi connectivity index (χ2n) is 3.65. The molecule has 0 amide bonds. The van der Waals surface area contributed by atoms with Crippen molar-refractivity contribution in [3.8, 4) is 0 Å². The van der Waals surface area contributed by atoms with E-state index in [1.165, 1.54) is 13.2 Å². The molecule has 0 N–H and O–H groups in total. The molecule has 5 nitrogen and oxygen atoms in total. The molecule has 17 heavy (non-hydrogen) atoms. The molecular formula is C12H15NO4. The molecule has 0 radical (unpaired) electrons. The van der Waals surface area contributed by atoms with Crippen LogP contribution in [-0.4, -0.2) is 18.0 Å². The van der Waals surface area contributed by atoms with Crippen LogP contribution in [0.2, 0.25) is 0 Å². The Hall–Kier alpha value is -1.91. The van der Waals surface area contributed by atoms with Crippen molar-refractivity contribution in [3.05, 3.63) is 39.4 Å². The third-order valence-electron chi connectivity index (χ3n) is 2.57. The number of hydrogen-bond donors (Lipinski definition) is 0. The highest BCUT2D eigenvalue weighted by molar-refractivity contribution is 5.69. The SMILES string of the molecule is CCc1ccc(CCC(=O)OC)cc1[N+](=O)[O-]. The van der Waals surface area contributed by atoms with Crippen LogP contribution in [0.5, 0.6) is 0 Å². The van der Waals surface area contributed by atoms with Crippen molar-refractivity contribution in [3.63, 3.8) is 0 Å². The lowest BCUT2D eigenvalue weighted by Gasteiger charge is -2.04. The summed E-state index contributed by atoms with van der Waals surface area (Å²) in [5, 5.41) is 10.8. The quantitative estimate of drug-likeness (QED) is 0.447. The Balaban J connectivity index is 2.85. The van der Waals surface area contributed by atoms with Crippen LogP contribution in [0.25, 0.3) is 0 Å². The predicted octanol–water partition coefficient (Wildman–Crippen LogP) is 2.26. The minimum absolute atomic E-state index is 0.120. The molecule has 0 aromatic heterocycles. The summed E-state index contributed by atoms with van der Waals surface area (Å²) in [6, 6.07) is 5.08. The molecule has 0 aliphatic heterocycles. The maximum atomic E-state index is 11.0. The van der Waals surface area contributed by atoms with Gasteiger partial charge in [-0.05, 0) is 18.4 Å². The molecule has 1 aromatic carbocycles. The Morgan fingerprint density at radius 3 is 2.71 bits per heavy atom. The topological polar surface area (TPSA) is 69.4 Å². The molecule has 0 unspecified atom stereocenters. The van der Waals surface area contributed by atoms with Crippen molar-refractivity contribution in [1.82, 2.24) is 0 Å². The van der Waals surface area contributed by atoms with Gasteiger partial charge in [0.25, 0.3) is 5.69 Å². The fraction of sp³-hybridized carbons (Fsp3) is 0.417. The van der Waals surface area contributed by atoms with Gasteiger partial charge in [-0.2, -0.15) is 0 Å². The van der Waals surface area contributed by atoms with Gasteiger partial charge in [0.15, 0.2) is 0 Å². The van der Waals surface area contributed by atoms with Crippen molar-refractivity contribution in [1.29, 1.82) is 0 Å². The first-order valence-corrected chi connectivity index (χ1v) is 5.41. The molecule has 1 aromatic rings. The lowest BCUT2D eigenvalue weighted by atomic mass is 10.0. The first kappa shape index (κ1) is 13.2. The van der Waals surface area contributed by atoms with E-state index in [9.17, 15) is 14.9 Å². The standard InChI is InChI=1S/C12H15NO4/c1-3-10-6-4-9(5-7-12(14)17-2)8-11(10)13(15)16/h4,6,8H,3,5,7H2,1-2H3. The molecule has 0 bridgehead atoms. The van der Waals surface area contributed by atoms with Crippen LogP contribution in [-0.2, 0) is 22.4 Å². The van der Waals surface area contributed by atoms with E-state index in [2.05, 4.69) is 4.74 Å². The van der Waals surface area contributed by atoms with Gasteiger partial charge in [-0.25, -0.2) is 0 Å². The summed E-state index contributed by atoms with van der Waals surface area (Å²) in [4.78, 5) is 21.4. The third-order valence-corrected chi connectivity index (χ3v) is 2.57. The highest BCUT2D eigenvalue weighted by atomic mass is 16.6. The monoisotopic (exact) mass is 237 g/mol. The lowest BCUT2D eigenvalue weighted by molar-refractivity contribution is -0.385. The summed E-state index contributed by atoms with van der Waals surface area (Å²) in [5.74, 6) is -0.313. The van der Waals surface area contributed by atoms with E-state index in [1.807, 2.05) is 13.0 Å². The number of ether oxygens (including phenoxy) is 1. The number of hydrogen-bond acceptors (Lipinski definition) is 4. The number of nitro groups is 1. The predicted molar refractivity (Wildman–Crippen MR) is 62.8 cm³/mol. The summed E-state index contributed by atoms with van der Waals surface area (Å²) in [6.45, 7) is 1.87. The fourth-order valence-electron chi connectivity index (χ4n) is 1.58. The maximum Gasteiger partial charge on any atom is 0.305 e. The van der Waals surface area contributed by atoms with Gasteiger partial charge in [-0.15, -0.1) is 0 Å². The van der Waals surface area contributed by atoms with Gasteiger partial charge >= 0.3 is 5.97 Å². The summed E-state index contributed by atoms with van der Waals surface area (Å²) < 4.78 is 4.52. The lowest BCUT2D eigenvalue weighted by Crippen LogP contribution is -2.03. The molecule has 0 atom stereocenters. The second-order valence-corrected chi connectivity index (χ2v) is 3.65. The van der Waals surface area contributed by atoms with Gasteiger partial charge in [0.1, 0.15) is 0 Å². The number of rotatable bonds is 5.